The molecule has 0 aromatic heterocycles. The topological polar surface area (TPSA) is 66.8 Å². The number of hydrogen-bond donors (Lipinski definition) is 1. The standard InChI is InChI=1S/C15H23NO4S/c1-11-5-4-6-12(2)16(11)21(18,19)15-9-13(10-17)7-8-14(15)20-3/h7-9,11-12,17H,4-6,10H2,1-3H3/t11-,12+. The van der Waals surface area contributed by atoms with Crippen LogP contribution in [0.15, 0.2) is 23.1 Å². The predicted octanol–water partition coefficient (Wildman–Crippen LogP) is 2.14. The van der Waals surface area contributed by atoms with Crippen LogP contribution in [0.3, 0.4) is 0 Å². The second kappa shape index (κ2) is 6.34. The monoisotopic (exact) mass is 313 g/mol. The molecule has 21 heavy (non-hydrogen) atoms. The van der Waals surface area contributed by atoms with Crippen molar-refractivity contribution in [2.75, 3.05) is 7.11 Å². The van der Waals surface area contributed by atoms with Crippen LogP contribution in [0.2, 0.25) is 0 Å². The number of rotatable bonds is 4. The highest BCUT2D eigenvalue weighted by Crippen LogP contribution is 2.34. The first-order chi connectivity index (χ1) is 9.91. The zero-order valence-corrected chi connectivity index (χ0v) is 13.6. The van der Waals surface area contributed by atoms with Crippen LogP contribution in [0.25, 0.3) is 0 Å². The first-order valence-corrected chi connectivity index (χ1v) is 8.67. The molecule has 0 radical (unpaired) electrons. The Morgan fingerprint density at radius 3 is 2.43 bits per heavy atom. The smallest absolute Gasteiger partial charge is 0.247 e. The molecule has 1 aliphatic heterocycles. The Labute approximate surface area is 126 Å². The molecular weight excluding hydrogens is 290 g/mol. The third kappa shape index (κ3) is 3.07. The van der Waals surface area contributed by atoms with Crippen molar-refractivity contribution in [2.24, 2.45) is 0 Å². The van der Waals surface area contributed by atoms with Crippen LogP contribution in [0.5, 0.6) is 5.75 Å². The lowest BCUT2D eigenvalue weighted by Gasteiger charge is -2.37. The average molecular weight is 313 g/mol. The molecule has 6 heteroatoms. The second-order valence-corrected chi connectivity index (χ2v) is 7.42. The van der Waals surface area contributed by atoms with E-state index in [4.69, 9.17) is 4.74 Å². The number of piperidine rings is 1. The molecule has 2 atom stereocenters. The van der Waals surface area contributed by atoms with Gasteiger partial charge in [0.05, 0.1) is 13.7 Å². The molecule has 1 saturated heterocycles. The van der Waals surface area contributed by atoms with Crippen LogP contribution in [0.1, 0.15) is 38.7 Å². The van der Waals surface area contributed by atoms with Crippen LogP contribution in [-0.4, -0.2) is 37.0 Å². The van der Waals surface area contributed by atoms with E-state index in [1.807, 2.05) is 13.8 Å². The molecule has 1 N–H and O–H groups in total. The molecule has 0 amide bonds. The van der Waals surface area contributed by atoms with E-state index in [0.717, 1.165) is 19.3 Å². The number of benzene rings is 1. The average Bonchev–Trinajstić information content (AvgIpc) is 2.46. The van der Waals surface area contributed by atoms with Crippen LogP contribution >= 0.6 is 0 Å². The minimum Gasteiger partial charge on any atom is -0.495 e. The van der Waals surface area contributed by atoms with Gasteiger partial charge in [-0.3, -0.25) is 0 Å². The van der Waals surface area contributed by atoms with E-state index in [1.165, 1.54) is 13.2 Å². The molecule has 1 aliphatic rings. The third-order valence-electron chi connectivity index (χ3n) is 4.08. The molecule has 0 spiro atoms. The maximum Gasteiger partial charge on any atom is 0.247 e. The Hall–Kier alpha value is -1.11. The van der Waals surface area contributed by atoms with Crippen molar-refractivity contribution in [3.8, 4) is 5.75 Å². The summed E-state index contributed by atoms with van der Waals surface area (Å²) in [6, 6.07) is 4.71. The number of nitrogens with zero attached hydrogens (tertiary/aromatic N) is 1. The minimum absolute atomic E-state index is 0.0266. The third-order valence-corrected chi connectivity index (χ3v) is 6.23. The van der Waals surface area contributed by atoms with Gasteiger partial charge in [-0.25, -0.2) is 8.42 Å². The van der Waals surface area contributed by atoms with Gasteiger partial charge in [-0.05, 0) is 44.4 Å². The van der Waals surface area contributed by atoms with Crippen LogP contribution in [0, 0.1) is 0 Å². The highest BCUT2D eigenvalue weighted by molar-refractivity contribution is 7.89. The zero-order valence-electron chi connectivity index (χ0n) is 12.7. The molecule has 0 aliphatic carbocycles. The lowest BCUT2D eigenvalue weighted by Crippen LogP contribution is -2.47. The van der Waals surface area contributed by atoms with E-state index in [-0.39, 0.29) is 23.6 Å². The lowest BCUT2D eigenvalue weighted by molar-refractivity contribution is 0.203. The maximum absolute atomic E-state index is 13.0. The van der Waals surface area contributed by atoms with E-state index in [1.54, 1.807) is 16.4 Å². The first-order valence-electron chi connectivity index (χ1n) is 7.23. The SMILES string of the molecule is COc1ccc(CO)cc1S(=O)(=O)N1[C@H](C)CCC[C@@H]1C. The van der Waals surface area contributed by atoms with Crippen LogP contribution < -0.4 is 4.74 Å². The van der Waals surface area contributed by atoms with Gasteiger partial charge >= 0.3 is 0 Å². The number of sulfonamides is 1. The van der Waals surface area contributed by atoms with E-state index in [9.17, 15) is 13.5 Å². The molecule has 1 heterocycles. The fourth-order valence-corrected chi connectivity index (χ4v) is 5.10. The summed E-state index contributed by atoms with van der Waals surface area (Å²) < 4.78 is 32.8. The number of aliphatic hydroxyl groups is 1. The molecule has 0 bridgehead atoms. The quantitative estimate of drug-likeness (QED) is 0.925. The molecule has 1 aromatic carbocycles. The van der Waals surface area contributed by atoms with Crippen molar-refractivity contribution in [3.63, 3.8) is 0 Å². The Morgan fingerprint density at radius 2 is 1.90 bits per heavy atom. The van der Waals surface area contributed by atoms with E-state index < -0.39 is 10.0 Å². The molecule has 2 rings (SSSR count). The number of aliphatic hydroxyl groups excluding tert-OH is 1. The summed E-state index contributed by atoms with van der Waals surface area (Å²) >= 11 is 0. The molecule has 118 valence electrons. The molecule has 5 nitrogen and oxygen atoms in total. The van der Waals surface area contributed by atoms with Crippen molar-refractivity contribution < 1.29 is 18.3 Å². The number of methoxy groups -OCH3 is 1. The fraction of sp³-hybridized carbons (Fsp3) is 0.600. The van der Waals surface area contributed by atoms with Crippen LogP contribution in [0.4, 0.5) is 0 Å². The fourth-order valence-electron chi connectivity index (χ4n) is 3.01. The second-order valence-electron chi connectivity index (χ2n) is 5.61. The Kier molecular flexibility index (Phi) is 4.91. The van der Waals surface area contributed by atoms with Gasteiger partial charge in [0.1, 0.15) is 10.6 Å². The minimum atomic E-state index is -3.64. The Balaban J connectivity index is 2.52. The summed E-state index contributed by atoms with van der Waals surface area (Å²) in [7, 11) is -2.18. The van der Waals surface area contributed by atoms with Gasteiger partial charge in [0, 0.05) is 12.1 Å². The first kappa shape index (κ1) is 16.3. The highest BCUT2D eigenvalue weighted by Gasteiger charge is 2.37. The van der Waals surface area contributed by atoms with E-state index in [0.29, 0.717) is 11.3 Å². The van der Waals surface area contributed by atoms with Gasteiger partial charge in [0.2, 0.25) is 10.0 Å². The van der Waals surface area contributed by atoms with Gasteiger partial charge in [-0.1, -0.05) is 12.5 Å². The maximum atomic E-state index is 13.0. The van der Waals surface area contributed by atoms with Gasteiger partial charge < -0.3 is 9.84 Å². The summed E-state index contributed by atoms with van der Waals surface area (Å²) in [5, 5.41) is 9.26. The van der Waals surface area contributed by atoms with Crippen molar-refractivity contribution in [2.45, 2.75) is 56.7 Å². The largest absolute Gasteiger partial charge is 0.495 e. The normalized spacial score (nSPS) is 24.0. The molecule has 0 saturated carbocycles. The van der Waals surface area contributed by atoms with Gasteiger partial charge in [0.15, 0.2) is 0 Å². The predicted molar refractivity (Wildman–Crippen MR) is 80.7 cm³/mol. The lowest BCUT2D eigenvalue weighted by atomic mass is 10.0. The number of ether oxygens (including phenoxy) is 1. The highest BCUT2D eigenvalue weighted by atomic mass is 32.2. The summed E-state index contributed by atoms with van der Waals surface area (Å²) in [6.45, 7) is 3.68. The van der Waals surface area contributed by atoms with E-state index >= 15 is 0 Å². The Morgan fingerprint density at radius 1 is 1.29 bits per heavy atom. The summed E-state index contributed by atoms with van der Waals surface area (Å²) in [5.41, 5.74) is 0.562. The van der Waals surface area contributed by atoms with E-state index in [2.05, 4.69) is 0 Å². The van der Waals surface area contributed by atoms with Gasteiger partial charge in [-0.15, -0.1) is 0 Å². The number of hydrogen-bond acceptors (Lipinski definition) is 4. The molecular formula is C15H23NO4S. The van der Waals surface area contributed by atoms with Gasteiger partial charge in [0.25, 0.3) is 0 Å². The molecule has 0 unspecified atom stereocenters. The molecule has 1 aromatic rings. The summed E-state index contributed by atoms with van der Waals surface area (Å²) in [4.78, 5) is 0.136. The van der Waals surface area contributed by atoms with Crippen molar-refractivity contribution in [1.29, 1.82) is 0 Å². The summed E-state index contributed by atoms with van der Waals surface area (Å²) in [6.07, 6.45) is 2.78. The van der Waals surface area contributed by atoms with Gasteiger partial charge in [-0.2, -0.15) is 4.31 Å². The van der Waals surface area contributed by atoms with Crippen molar-refractivity contribution in [1.82, 2.24) is 4.31 Å². The van der Waals surface area contributed by atoms with Crippen molar-refractivity contribution >= 4 is 10.0 Å². The molecule has 1 fully saturated rings. The Bertz CT molecular complexity index is 590. The zero-order chi connectivity index (χ0) is 15.6. The van der Waals surface area contributed by atoms with Crippen molar-refractivity contribution in [3.05, 3.63) is 23.8 Å². The van der Waals surface area contributed by atoms with Crippen LogP contribution in [-0.2, 0) is 16.6 Å². The summed E-state index contributed by atoms with van der Waals surface area (Å²) in [5.74, 6) is 0.317.